The first-order chi connectivity index (χ1) is 12.7. The lowest BCUT2D eigenvalue weighted by Crippen LogP contribution is -2.04. The summed E-state index contributed by atoms with van der Waals surface area (Å²) in [5.41, 5.74) is 2.17. The van der Waals surface area contributed by atoms with Crippen molar-refractivity contribution in [1.82, 2.24) is 24.5 Å². The Kier molecular flexibility index (Phi) is 4.28. The number of anilines is 2. The highest BCUT2D eigenvalue weighted by Gasteiger charge is 2.12. The fourth-order valence-corrected chi connectivity index (χ4v) is 2.63. The minimum atomic E-state index is -0.481. The lowest BCUT2D eigenvalue weighted by Gasteiger charge is -2.12. The van der Waals surface area contributed by atoms with Crippen molar-refractivity contribution in [2.45, 2.75) is 0 Å². The summed E-state index contributed by atoms with van der Waals surface area (Å²) in [6, 6.07) is 8.14. The van der Waals surface area contributed by atoms with Crippen LogP contribution in [-0.4, -0.2) is 24.5 Å². The molecule has 0 aliphatic heterocycles. The molecule has 3 aromatic heterocycles. The Morgan fingerprint density at radius 3 is 2.54 bits per heavy atom. The van der Waals surface area contributed by atoms with Gasteiger partial charge in [0.1, 0.15) is 18.0 Å². The van der Waals surface area contributed by atoms with Crippen LogP contribution in [0.3, 0.4) is 0 Å². The molecular formula is C18H12ClFN6. The predicted octanol–water partition coefficient (Wildman–Crippen LogP) is 4.26. The molecule has 4 aromatic rings. The molecule has 6 nitrogen and oxygen atoms in total. The molecule has 0 fully saturated rings. The van der Waals surface area contributed by atoms with Crippen molar-refractivity contribution in [2.24, 2.45) is 0 Å². The number of rotatable bonds is 4. The van der Waals surface area contributed by atoms with Gasteiger partial charge in [0.25, 0.3) is 0 Å². The molecular weight excluding hydrogens is 355 g/mol. The summed E-state index contributed by atoms with van der Waals surface area (Å²) in [5, 5.41) is 3.06. The smallest absolute Gasteiger partial charge is 0.229 e. The van der Waals surface area contributed by atoms with E-state index in [0.29, 0.717) is 17.5 Å². The highest BCUT2D eigenvalue weighted by molar-refractivity contribution is 6.31. The van der Waals surface area contributed by atoms with E-state index in [1.54, 1.807) is 24.7 Å². The Labute approximate surface area is 153 Å². The molecule has 0 unspecified atom stereocenters. The van der Waals surface area contributed by atoms with Crippen LogP contribution < -0.4 is 5.32 Å². The second kappa shape index (κ2) is 6.89. The zero-order valence-corrected chi connectivity index (χ0v) is 14.1. The van der Waals surface area contributed by atoms with Crippen LogP contribution in [0.2, 0.25) is 5.02 Å². The van der Waals surface area contributed by atoms with Crippen LogP contribution in [0, 0.1) is 5.82 Å². The largest absolute Gasteiger partial charge is 0.324 e. The number of nitrogens with zero attached hydrogens (tertiary/aromatic N) is 5. The van der Waals surface area contributed by atoms with Gasteiger partial charge in [-0.05, 0) is 30.3 Å². The number of nitrogens with one attached hydrogen (secondary N) is 1. The van der Waals surface area contributed by atoms with Gasteiger partial charge in [-0.15, -0.1) is 0 Å². The van der Waals surface area contributed by atoms with E-state index in [-0.39, 0.29) is 5.02 Å². The van der Waals surface area contributed by atoms with E-state index in [9.17, 15) is 4.39 Å². The van der Waals surface area contributed by atoms with Crippen molar-refractivity contribution >= 4 is 23.2 Å². The SMILES string of the molecule is Fc1ccc(Nc2ncc(-c3cncnc3)c(-n3cccc3)n2)cc1Cl. The second-order valence-corrected chi connectivity index (χ2v) is 5.81. The summed E-state index contributed by atoms with van der Waals surface area (Å²) in [6.45, 7) is 0. The molecule has 1 aromatic carbocycles. The average molecular weight is 367 g/mol. The van der Waals surface area contributed by atoms with Crippen LogP contribution in [-0.2, 0) is 0 Å². The fourth-order valence-electron chi connectivity index (χ4n) is 2.45. The second-order valence-electron chi connectivity index (χ2n) is 5.40. The minimum absolute atomic E-state index is 0.0266. The van der Waals surface area contributed by atoms with Gasteiger partial charge in [0.05, 0.1) is 5.02 Å². The molecule has 8 heteroatoms. The van der Waals surface area contributed by atoms with Crippen molar-refractivity contribution in [3.8, 4) is 16.9 Å². The topological polar surface area (TPSA) is 68.5 Å². The fraction of sp³-hybridized carbons (Fsp3) is 0. The first-order valence-electron chi connectivity index (χ1n) is 7.68. The summed E-state index contributed by atoms with van der Waals surface area (Å²) < 4.78 is 15.2. The summed E-state index contributed by atoms with van der Waals surface area (Å²) in [7, 11) is 0. The van der Waals surface area contributed by atoms with E-state index in [0.717, 1.165) is 11.1 Å². The quantitative estimate of drug-likeness (QED) is 0.584. The van der Waals surface area contributed by atoms with Gasteiger partial charge < -0.3 is 9.88 Å². The Morgan fingerprint density at radius 2 is 1.81 bits per heavy atom. The molecule has 3 heterocycles. The Hall–Kier alpha value is -3.32. The van der Waals surface area contributed by atoms with Crippen LogP contribution in [0.5, 0.6) is 0 Å². The van der Waals surface area contributed by atoms with Gasteiger partial charge in [-0.3, -0.25) is 0 Å². The molecule has 0 spiro atoms. The highest BCUT2D eigenvalue weighted by atomic mass is 35.5. The molecule has 0 aliphatic carbocycles. The average Bonchev–Trinajstić information content (AvgIpc) is 3.20. The first kappa shape index (κ1) is 16.2. The van der Waals surface area contributed by atoms with Crippen molar-refractivity contribution in [1.29, 1.82) is 0 Å². The summed E-state index contributed by atoms with van der Waals surface area (Å²) in [4.78, 5) is 17.0. The standard InChI is InChI=1S/C18H12ClFN6/c19-15-7-13(3-4-16(15)20)24-18-23-10-14(12-8-21-11-22-9-12)17(25-18)26-5-1-2-6-26/h1-11H,(H,23,24,25). The summed E-state index contributed by atoms with van der Waals surface area (Å²) in [6.07, 6.45) is 10.3. The Bertz CT molecular complexity index is 1040. The monoisotopic (exact) mass is 366 g/mol. The van der Waals surface area contributed by atoms with Crippen LogP contribution >= 0.6 is 11.6 Å². The highest BCUT2D eigenvalue weighted by Crippen LogP contribution is 2.26. The lowest BCUT2D eigenvalue weighted by molar-refractivity contribution is 0.628. The molecule has 0 bridgehead atoms. The normalized spacial score (nSPS) is 10.7. The molecule has 0 atom stereocenters. The van der Waals surface area contributed by atoms with E-state index >= 15 is 0 Å². The van der Waals surface area contributed by atoms with Crippen molar-refractivity contribution in [3.05, 3.63) is 78.5 Å². The van der Waals surface area contributed by atoms with E-state index in [1.807, 2.05) is 29.1 Å². The maximum absolute atomic E-state index is 13.3. The van der Waals surface area contributed by atoms with Crippen molar-refractivity contribution < 1.29 is 4.39 Å². The van der Waals surface area contributed by atoms with Crippen LogP contribution in [0.4, 0.5) is 16.0 Å². The molecule has 128 valence electrons. The molecule has 26 heavy (non-hydrogen) atoms. The molecule has 1 N–H and O–H groups in total. The van der Waals surface area contributed by atoms with E-state index in [1.165, 1.54) is 18.5 Å². The van der Waals surface area contributed by atoms with Gasteiger partial charge in [-0.2, -0.15) is 4.98 Å². The van der Waals surface area contributed by atoms with Gasteiger partial charge in [-0.1, -0.05) is 11.6 Å². The van der Waals surface area contributed by atoms with E-state index < -0.39 is 5.82 Å². The minimum Gasteiger partial charge on any atom is -0.324 e. The molecule has 0 amide bonds. The van der Waals surface area contributed by atoms with Crippen molar-refractivity contribution in [2.75, 3.05) is 5.32 Å². The zero-order valence-electron chi connectivity index (χ0n) is 13.3. The number of hydrogen-bond donors (Lipinski definition) is 1. The molecule has 0 aliphatic rings. The third-order valence-corrected chi connectivity index (χ3v) is 3.95. The third-order valence-electron chi connectivity index (χ3n) is 3.66. The number of hydrogen-bond acceptors (Lipinski definition) is 5. The predicted molar refractivity (Wildman–Crippen MR) is 97.1 cm³/mol. The molecule has 4 rings (SSSR count). The van der Waals surface area contributed by atoms with E-state index in [4.69, 9.17) is 11.6 Å². The maximum Gasteiger partial charge on any atom is 0.229 e. The number of halogens is 2. The van der Waals surface area contributed by atoms with Crippen LogP contribution in [0.1, 0.15) is 0 Å². The number of benzene rings is 1. The first-order valence-corrected chi connectivity index (χ1v) is 8.06. The van der Waals surface area contributed by atoms with Gasteiger partial charge >= 0.3 is 0 Å². The zero-order chi connectivity index (χ0) is 17.9. The van der Waals surface area contributed by atoms with Gasteiger partial charge in [-0.25, -0.2) is 19.3 Å². The molecule has 0 radical (unpaired) electrons. The Morgan fingerprint density at radius 1 is 1.04 bits per heavy atom. The van der Waals surface area contributed by atoms with Gasteiger partial charge in [0, 0.05) is 47.8 Å². The van der Waals surface area contributed by atoms with Gasteiger partial charge in [0.15, 0.2) is 0 Å². The third kappa shape index (κ3) is 3.25. The molecule has 0 saturated heterocycles. The summed E-state index contributed by atoms with van der Waals surface area (Å²) >= 11 is 5.82. The van der Waals surface area contributed by atoms with Crippen LogP contribution in [0.15, 0.2) is 67.6 Å². The van der Waals surface area contributed by atoms with Gasteiger partial charge in [0.2, 0.25) is 5.95 Å². The lowest BCUT2D eigenvalue weighted by atomic mass is 10.1. The van der Waals surface area contributed by atoms with Crippen LogP contribution in [0.25, 0.3) is 16.9 Å². The molecule has 0 saturated carbocycles. The van der Waals surface area contributed by atoms with Crippen molar-refractivity contribution in [3.63, 3.8) is 0 Å². The Balaban J connectivity index is 1.76. The van der Waals surface area contributed by atoms with E-state index in [2.05, 4.69) is 25.3 Å². The summed E-state index contributed by atoms with van der Waals surface area (Å²) in [5.74, 6) is 0.540. The number of aromatic nitrogens is 5. The maximum atomic E-state index is 13.3.